The Kier molecular flexibility index (Phi) is 5.60. The summed E-state index contributed by atoms with van der Waals surface area (Å²) in [7, 11) is 0. The third kappa shape index (κ3) is 4.03. The van der Waals surface area contributed by atoms with Crippen molar-refractivity contribution in [1.82, 2.24) is 0 Å². The van der Waals surface area contributed by atoms with E-state index in [-0.39, 0.29) is 11.7 Å². The summed E-state index contributed by atoms with van der Waals surface area (Å²) in [6.45, 7) is 2.01. The molecule has 1 saturated heterocycles. The molecule has 1 amide bonds. The predicted molar refractivity (Wildman–Crippen MR) is 115 cm³/mol. The molecule has 0 radical (unpaired) electrons. The number of amides is 1. The van der Waals surface area contributed by atoms with E-state index in [1.807, 2.05) is 24.3 Å². The van der Waals surface area contributed by atoms with Gasteiger partial charge >= 0.3 is 0 Å². The monoisotopic (exact) mass is 414 g/mol. The lowest BCUT2D eigenvalue weighted by Gasteiger charge is -2.30. The second kappa shape index (κ2) is 8.29. The van der Waals surface area contributed by atoms with E-state index in [9.17, 15) is 4.79 Å². The molecule has 0 bridgehead atoms. The quantitative estimate of drug-likeness (QED) is 0.529. The lowest BCUT2D eigenvalue weighted by atomic mass is 10.1. The Morgan fingerprint density at radius 1 is 0.964 bits per heavy atom. The first-order chi connectivity index (χ1) is 13.6. The van der Waals surface area contributed by atoms with E-state index in [1.54, 1.807) is 30.3 Å². The minimum Gasteiger partial charge on any atom is -0.451 e. The van der Waals surface area contributed by atoms with Gasteiger partial charge in [-0.2, -0.15) is 0 Å². The Balaban J connectivity index is 1.54. The number of carbonyl (C=O) groups excluding carboxylic acids is 1. The third-order valence-corrected chi connectivity index (χ3v) is 5.42. The van der Waals surface area contributed by atoms with Crippen LogP contribution in [0.1, 0.15) is 29.8 Å². The van der Waals surface area contributed by atoms with Crippen molar-refractivity contribution in [2.75, 3.05) is 23.3 Å². The molecule has 0 saturated carbocycles. The Hall–Kier alpha value is -2.43. The van der Waals surface area contributed by atoms with Crippen molar-refractivity contribution in [2.45, 2.75) is 19.3 Å². The Morgan fingerprint density at radius 2 is 1.75 bits per heavy atom. The molecule has 1 fully saturated rings. The van der Waals surface area contributed by atoms with E-state index in [1.165, 1.54) is 19.3 Å². The van der Waals surface area contributed by atoms with Crippen LogP contribution in [0.25, 0.3) is 11.3 Å². The van der Waals surface area contributed by atoms with Crippen molar-refractivity contribution in [1.29, 1.82) is 0 Å². The molecule has 0 atom stereocenters. The van der Waals surface area contributed by atoms with Gasteiger partial charge < -0.3 is 14.6 Å². The van der Waals surface area contributed by atoms with Crippen LogP contribution in [0.2, 0.25) is 10.0 Å². The molecular weight excluding hydrogens is 395 g/mol. The normalized spacial score (nSPS) is 14.1. The van der Waals surface area contributed by atoms with Gasteiger partial charge in [-0.3, -0.25) is 4.79 Å². The van der Waals surface area contributed by atoms with Gasteiger partial charge in [0.15, 0.2) is 5.76 Å². The maximum absolute atomic E-state index is 12.8. The number of para-hydroxylation sites is 2. The number of carbonyl (C=O) groups is 1. The van der Waals surface area contributed by atoms with Crippen LogP contribution in [0.3, 0.4) is 0 Å². The molecule has 1 aromatic heterocycles. The lowest BCUT2D eigenvalue weighted by Crippen LogP contribution is -2.30. The summed E-state index contributed by atoms with van der Waals surface area (Å²) in [5.74, 6) is 0.464. The molecule has 6 heteroatoms. The molecule has 0 unspecified atom stereocenters. The van der Waals surface area contributed by atoms with Gasteiger partial charge in [-0.25, -0.2) is 0 Å². The van der Waals surface area contributed by atoms with Crippen LogP contribution in [0.4, 0.5) is 11.4 Å². The van der Waals surface area contributed by atoms with E-state index >= 15 is 0 Å². The van der Waals surface area contributed by atoms with Crippen LogP contribution in [0.15, 0.2) is 59.0 Å². The smallest absolute Gasteiger partial charge is 0.291 e. The van der Waals surface area contributed by atoms with Crippen molar-refractivity contribution in [2.24, 2.45) is 0 Å². The molecule has 0 aliphatic carbocycles. The van der Waals surface area contributed by atoms with Gasteiger partial charge in [-0.1, -0.05) is 35.3 Å². The first kappa shape index (κ1) is 18.9. The first-order valence-corrected chi connectivity index (χ1v) is 10.1. The zero-order valence-electron chi connectivity index (χ0n) is 15.3. The maximum Gasteiger partial charge on any atom is 0.291 e. The van der Waals surface area contributed by atoms with Gasteiger partial charge in [0.25, 0.3) is 5.91 Å². The first-order valence-electron chi connectivity index (χ1n) is 9.32. The summed E-state index contributed by atoms with van der Waals surface area (Å²) < 4.78 is 5.76. The molecule has 4 nitrogen and oxygen atoms in total. The highest BCUT2D eigenvalue weighted by atomic mass is 35.5. The fourth-order valence-corrected chi connectivity index (χ4v) is 3.97. The Labute approximate surface area is 174 Å². The summed E-state index contributed by atoms with van der Waals surface area (Å²) in [6, 6.07) is 16.4. The van der Waals surface area contributed by atoms with Crippen LogP contribution in [-0.4, -0.2) is 19.0 Å². The van der Waals surface area contributed by atoms with E-state index in [0.29, 0.717) is 21.4 Å². The van der Waals surface area contributed by atoms with Crippen LogP contribution < -0.4 is 10.2 Å². The summed E-state index contributed by atoms with van der Waals surface area (Å²) >= 11 is 12.2. The number of hydrogen-bond donors (Lipinski definition) is 1. The van der Waals surface area contributed by atoms with Crippen molar-refractivity contribution in [3.05, 3.63) is 70.4 Å². The third-order valence-electron chi connectivity index (χ3n) is 4.88. The fraction of sp³-hybridized carbons (Fsp3) is 0.227. The minimum atomic E-state index is -0.291. The molecule has 1 aliphatic rings. The zero-order valence-corrected chi connectivity index (χ0v) is 16.8. The second-order valence-corrected chi connectivity index (χ2v) is 7.65. The van der Waals surface area contributed by atoms with Gasteiger partial charge in [0.05, 0.1) is 16.4 Å². The average Bonchev–Trinajstić information content (AvgIpc) is 3.19. The molecule has 2 aromatic carbocycles. The summed E-state index contributed by atoms with van der Waals surface area (Å²) in [6.07, 6.45) is 3.60. The number of rotatable bonds is 4. The molecule has 1 aliphatic heterocycles. The summed E-state index contributed by atoms with van der Waals surface area (Å²) in [5, 5.41) is 4.01. The van der Waals surface area contributed by atoms with Crippen molar-refractivity contribution >= 4 is 40.5 Å². The Bertz CT molecular complexity index is 994. The number of piperidine rings is 1. The van der Waals surface area contributed by atoms with Gasteiger partial charge in [0, 0.05) is 23.7 Å². The number of furan rings is 1. The molecule has 2 heterocycles. The number of nitrogens with one attached hydrogen (secondary N) is 1. The van der Waals surface area contributed by atoms with E-state index < -0.39 is 0 Å². The molecular formula is C22H20Cl2N2O2. The predicted octanol–water partition coefficient (Wildman–Crippen LogP) is 6.50. The van der Waals surface area contributed by atoms with Crippen LogP contribution in [-0.2, 0) is 0 Å². The van der Waals surface area contributed by atoms with Crippen LogP contribution >= 0.6 is 23.2 Å². The second-order valence-electron chi connectivity index (χ2n) is 6.81. The molecule has 28 heavy (non-hydrogen) atoms. The van der Waals surface area contributed by atoms with Gasteiger partial charge in [0.1, 0.15) is 5.76 Å². The zero-order chi connectivity index (χ0) is 19.5. The van der Waals surface area contributed by atoms with Crippen LogP contribution in [0.5, 0.6) is 0 Å². The lowest BCUT2D eigenvalue weighted by molar-refractivity contribution is 0.0997. The van der Waals surface area contributed by atoms with E-state index in [4.69, 9.17) is 27.6 Å². The molecule has 144 valence electrons. The highest BCUT2D eigenvalue weighted by molar-refractivity contribution is 6.36. The van der Waals surface area contributed by atoms with E-state index in [0.717, 1.165) is 24.5 Å². The van der Waals surface area contributed by atoms with Crippen molar-refractivity contribution < 1.29 is 9.21 Å². The van der Waals surface area contributed by atoms with Crippen molar-refractivity contribution in [3.63, 3.8) is 0 Å². The Morgan fingerprint density at radius 3 is 2.54 bits per heavy atom. The topological polar surface area (TPSA) is 45.5 Å². The summed E-state index contributed by atoms with van der Waals surface area (Å²) in [4.78, 5) is 15.1. The van der Waals surface area contributed by atoms with E-state index in [2.05, 4.69) is 10.2 Å². The largest absolute Gasteiger partial charge is 0.451 e. The number of anilines is 2. The number of hydrogen-bond acceptors (Lipinski definition) is 3. The number of benzene rings is 2. The standard InChI is InChI=1S/C22H20Cl2N2O2/c23-15-8-9-16(17(24)14-15)20-10-11-21(28-20)22(27)25-18-6-2-3-7-19(18)26-12-4-1-5-13-26/h2-3,6-11,14H,1,4-5,12-13H2,(H,25,27). The molecule has 3 aromatic rings. The van der Waals surface area contributed by atoms with Gasteiger partial charge in [-0.05, 0) is 61.7 Å². The molecule has 0 spiro atoms. The van der Waals surface area contributed by atoms with Gasteiger partial charge in [-0.15, -0.1) is 0 Å². The van der Waals surface area contributed by atoms with Gasteiger partial charge in [0.2, 0.25) is 0 Å². The fourth-order valence-electron chi connectivity index (χ4n) is 3.47. The number of halogens is 2. The highest BCUT2D eigenvalue weighted by Gasteiger charge is 2.18. The van der Waals surface area contributed by atoms with Crippen LogP contribution in [0, 0.1) is 0 Å². The summed E-state index contributed by atoms with van der Waals surface area (Å²) in [5.41, 5.74) is 2.53. The maximum atomic E-state index is 12.8. The minimum absolute atomic E-state index is 0.231. The van der Waals surface area contributed by atoms with Crippen molar-refractivity contribution in [3.8, 4) is 11.3 Å². The number of nitrogens with zero attached hydrogens (tertiary/aromatic N) is 1. The molecule has 1 N–H and O–H groups in total. The SMILES string of the molecule is O=C(Nc1ccccc1N1CCCCC1)c1ccc(-c2ccc(Cl)cc2Cl)o1. The highest BCUT2D eigenvalue weighted by Crippen LogP contribution is 2.32. The average molecular weight is 415 g/mol. The molecule has 4 rings (SSSR count).